The molecule has 0 aliphatic carbocycles. The Balaban J connectivity index is 1.94. The Bertz CT molecular complexity index is 905. The van der Waals surface area contributed by atoms with Gasteiger partial charge in [0, 0.05) is 30.4 Å². The molecule has 5 heteroatoms. The summed E-state index contributed by atoms with van der Waals surface area (Å²) in [5.74, 6) is -0.288. The molecule has 5 nitrogen and oxygen atoms in total. The highest BCUT2D eigenvalue weighted by Crippen LogP contribution is 2.23. The minimum absolute atomic E-state index is 0.0947. The van der Waals surface area contributed by atoms with Crippen molar-refractivity contribution in [2.75, 3.05) is 11.9 Å². The fraction of sp³-hybridized carbons (Fsp3) is 0.0556. The maximum Gasteiger partial charge on any atom is 0.270 e. The predicted molar refractivity (Wildman–Crippen MR) is 89.8 cm³/mol. The standard InChI is InChI=1S/C18H14N2O3/c1-19(16-10-9-13-5-2-3-6-14(13)11-16)18(21)15-7-4-8-17(12-15)20(22)23/h2-12H,1H3. The van der Waals surface area contributed by atoms with E-state index in [9.17, 15) is 14.9 Å². The van der Waals surface area contributed by atoms with E-state index in [4.69, 9.17) is 0 Å². The predicted octanol–water partition coefficient (Wildman–Crippen LogP) is 4.02. The molecule has 3 rings (SSSR count). The normalized spacial score (nSPS) is 10.5. The van der Waals surface area contributed by atoms with Crippen molar-refractivity contribution in [2.45, 2.75) is 0 Å². The lowest BCUT2D eigenvalue weighted by Gasteiger charge is -2.18. The van der Waals surface area contributed by atoms with Gasteiger partial charge in [-0.15, -0.1) is 0 Å². The fourth-order valence-corrected chi connectivity index (χ4v) is 2.45. The van der Waals surface area contributed by atoms with E-state index < -0.39 is 4.92 Å². The number of fused-ring (bicyclic) bond motifs is 1. The van der Waals surface area contributed by atoms with Crippen LogP contribution < -0.4 is 4.90 Å². The van der Waals surface area contributed by atoms with Gasteiger partial charge in [0.1, 0.15) is 0 Å². The first kappa shape index (κ1) is 14.7. The number of carbonyl (C=O) groups is 1. The van der Waals surface area contributed by atoms with Gasteiger partial charge >= 0.3 is 0 Å². The van der Waals surface area contributed by atoms with E-state index in [1.807, 2.05) is 42.5 Å². The summed E-state index contributed by atoms with van der Waals surface area (Å²) in [6, 6.07) is 19.4. The van der Waals surface area contributed by atoms with Crippen molar-refractivity contribution in [3.8, 4) is 0 Å². The molecule has 114 valence electrons. The molecule has 0 unspecified atom stereocenters. The van der Waals surface area contributed by atoms with Crippen LogP contribution in [0.4, 0.5) is 11.4 Å². The highest BCUT2D eigenvalue weighted by molar-refractivity contribution is 6.07. The van der Waals surface area contributed by atoms with Crippen LogP contribution in [0.15, 0.2) is 66.7 Å². The smallest absolute Gasteiger partial charge is 0.270 e. The molecule has 0 spiro atoms. The number of anilines is 1. The number of nitro groups is 1. The first-order valence-corrected chi connectivity index (χ1v) is 7.07. The van der Waals surface area contributed by atoms with Crippen LogP contribution in [0.3, 0.4) is 0 Å². The van der Waals surface area contributed by atoms with Crippen LogP contribution in [0.2, 0.25) is 0 Å². The van der Waals surface area contributed by atoms with Gasteiger partial charge in [0.25, 0.3) is 11.6 Å². The second kappa shape index (κ2) is 5.88. The summed E-state index contributed by atoms with van der Waals surface area (Å²) in [7, 11) is 1.66. The molecule has 0 aliphatic rings. The summed E-state index contributed by atoms with van der Waals surface area (Å²) < 4.78 is 0. The molecule has 0 fully saturated rings. The zero-order chi connectivity index (χ0) is 16.4. The van der Waals surface area contributed by atoms with Crippen molar-refractivity contribution < 1.29 is 9.72 Å². The van der Waals surface area contributed by atoms with Crippen LogP contribution in [0.25, 0.3) is 10.8 Å². The molecule has 0 bridgehead atoms. The molecule has 3 aromatic rings. The van der Waals surface area contributed by atoms with Gasteiger partial charge in [-0.05, 0) is 29.0 Å². The number of nitro benzene ring substituents is 1. The number of nitrogens with zero attached hydrogens (tertiary/aromatic N) is 2. The second-order valence-corrected chi connectivity index (χ2v) is 5.20. The lowest BCUT2D eigenvalue weighted by molar-refractivity contribution is -0.384. The van der Waals surface area contributed by atoms with Crippen molar-refractivity contribution in [1.29, 1.82) is 0 Å². The first-order chi connectivity index (χ1) is 11.1. The van der Waals surface area contributed by atoms with Crippen LogP contribution in [0.5, 0.6) is 0 Å². The largest absolute Gasteiger partial charge is 0.311 e. The van der Waals surface area contributed by atoms with E-state index in [-0.39, 0.29) is 17.2 Å². The third-order valence-electron chi connectivity index (χ3n) is 3.73. The van der Waals surface area contributed by atoms with Crippen LogP contribution in [-0.4, -0.2) is 17.9 Å². The van der Waals surface area contributed by atoms with E-state index >= 15 is 0 Å². The van der Waals surface area contributed by atoms with E-state index in [0.717, 1.165) is 16.5 Å². The van der Waals surface area contributed by atoms with Crippen molar-refractivity contribution >= 4 is 28.1 Å². The minimum Gasteiger partial charge on any atom is -0.311 e. The Labute approximate surface area is 132 Å². The molecule has 0 saturated carbocycles. The van der Waals surface area contributed by atoms with Gasteiger partial charge in [0.15, 0.2) is 0 Å². The Morgan fingerprint density at radius 2 is 1.70 bits per heavy atom. The van der Waals surface area contributed by atoms with Gasteiger partial charge in [-0.2, -0.15) is 0 Å². The zero-order valence-electron chi connectivity index (χ0n) is 12.5. The van der Waals surface area contributed by atoms with Gasteiger partial charge in [0.2, 0.25) is 0 Å². The van der Waals surface area contributed by atoms with E-state index in [2.05, 4.69) is 0 Å². The molecule has 1 amide bonds. The number of amides is 1. The number of rotatable bonds is 3. The molecule has 0 saturated heterocycles. The van der Waals surface area contributed by atoms with Crippen molar-refractivity contribution in [3.63, 3.8) is 0 Å². The zero-order valence-corrected chi connectivity index (χ0v) is 12.5. The van der Waals surface area contributed by atoms with E-state index in [1.54, 1.807) is 13.1 Å². The maximum atomic E-state index is 12.6. The van der Waals surface area contributed by atoms with E-state index in [0.29, 0.717) is 0 Å². The summed E-state index contributed by atoms with van der Waals surface area (Å²) in [4.78, 5) is 24.4. The summed E-state index contributed by atoms with van der Waals surface area (Å²) in [5, 5.41) is 13.0. The fourth-order valence-electron chi connectivity index (χ4n) is 2.45. The van der Waals surface area contributed by atoms with Crippen LogP contribution in [-0.2, 0) is 0 Å². The van der Waals surface area contributed by atoms with E-state index in [1.165, 1.54) is 23.1 Å². The third kappa shape index (κ3) is 2.89. The van der Waals surface area contributed by atoms with Crippen LogP contribution >= 0.6 is 0 Å². The minimum atomic E-state index is -0.507. The van der Waals surface area contributed by atoms with Crippen molar-refractivity contribution in [2.24, 2.45) is 0 Å². The number of non-ortho nitro benzene ring substituents is 1. The molecule has 0 aliphatic heterocycles. The lowest BCUT2D eigenvalue weighted by atomic mass is 10.1. The first-order valence-electron chi connectivity index (χ1n) is 7.07. The summed E-state index contributed by atoms with van der Waals surface area (Å²) in [6.07, 6.45) is 0. The van der Waals surface area contributed by atoms with Gasteiger partial charge in [-0.1, -0.05) is 36.4 Å². The maximum absolute atomic E-state index is 12.6. The van der Waals surface area contributed by atoms with Gasteiger partial charge in [-0.3, -0.25) is 14.9 Å². The molecule has 3 aromatic carbocycles. The molecule has 0 aromatic heterocycles. The van der Waals surface area contributed by atoms with Gasteiger partial charge in [0.05, 0.1) is 4.92 Å². The molecule has 0 radical (unpaired) electrons. The number of hydrogen-bond acceptors (Lipinski definition) is 3. The molecule has 23 heavy (non-hydrogen) atoms. The Morgan fingerprint density at radius 1 is 0.957 bits per heavy atom. The molecule has 0 N–H and O–H groups in total. The van der Waals surface area contributed by atoms with Gasteiger partial charge in [-0.25, -0.2) is 0 Å². The summed E-state index contributed by atoms with van der Waals surface area (Å²) in [6.45, 7) is 0. The molecule has 0 heterocycles. The second-order valence-electron chi connectivity index (χ2n) is 5.20. The molecule has 0 atom stereocenters. The monoisotopic (exact) mass is 306 g/mol. The number of hydrogen-bond donors (Lipinski definition) is 0. The highest BCUT2D eigenvalue weighted by atomic mass is 16.6. The number of carbonyl (C=O) groups excluding carboxylic acids is 1. The summed E-state index contributed by atoms with van der Waals surface area (Å²) in [5.41, 5.74) is 0.929. The SMILES string of the molecule is CN(C(=O)c1cccc([N+](=O)[O-])c1)c1ccc2ccccc2c1. The Hall–Kier alpha value is -3.21. The lowest BCUT2D eigenvalue weighted by Crippen LogP contribution is -2.26. The average Bonchev–Trinajstić information content (AvgIpc) is 2.60. The van der Waals surface area contributed by atoms with Crippen molar-refractivity contribution in [1.82, 2.24) is 0 Å². The van der Waals surface area contributed by atoms with Gasteiger partial charge < -0.3 is 4.90 Å². The Morgan fingerprint density at radius 3 is 2.43 bits per heavy atom. The van der Waals surface area contributed by atoms with Crippen LogP contribution in [0.1, 0.15) is 10.4 Å². The quantitative estimate of drug-likeness (QED) is 0.542. The van der Waals surface area contributed by atoms with Crippen molar-refractivity contribution in [3.05, 3.63) is 82.4 Å². The topological polar surface area (TPSA) is 63.5 Å². The molecular weight excluding hydrogens is 292 g/mol. The molecular formula is C18H14N2O3. The third-order valence-corrected chi connectivity index (χ3v) is 3.73. The number of benzene rings is 3. The van der Waals surface area contributed by atoms with Crippen LogP contribution in [0, 0.1) is 10.1 Å². The highest BCUT2D eigenvalue weighted by Gasteiger charge is 2.16. The average molecular weight is 306 g/mol. The summed E-state index contributed by atoms with van der Waals surface area (Å²) >= 11 is 0. The Kier molecular flexibility index (Phi) is 3.76.